The molecule has 0 spiro atoms. The van der Waals surface area contributed by atoms with E-state index in [0.29, 0.717) is 24.7 Å². The summed E-state index contributed by atoms with van der Waals surface area (Å²) in [5.41, 5.74) is 2.11. The molecule has 0 radical (unpaired) electrons. The molecule has 2 aliphatic rings. The van der Waals surface area contributed by atoms with Gasteiger partial charge in [0.25, 0.3) is 0 Å². The van der Waals surface area contributed by atoms with E-state index in [1.807, 2.05) is 36.1 Å². The molecule has 7 heteroatoms. The number of aromatic nitrogens is 2. The van der Waals surface area contributed by atoms with E-state index in [4.69, 9.17) is 9.26 Å². The second kappa shape index (κ2) is 8.19. The van der Waals surface area contributed by atoms with Gasteiger partial charge in [-0.3, -0.25) is 9.69 Å². The molecule has 7 nitrogen and oxygen atoms in total. The first-order valence-electron chi connectivity index (χ1n) is 9.68. The number of amides is 1. The van der Waals surface area contributed by atoms with Crippen molar-refractivity contribution in [2.24, 2.45) is 0 Å². The Hall–Kier alpha value is -2.25. The Morgan fingerprint density at radius 2 is 2.00 bits per heavy atom. The smallest absolute Gasteiger partial charge is 0.231 e. The van der Waals surface area contributed by atoms with Gasteiger partial charge in [-0.25, -0.2) is 0 Å². The molecule has 27 heavy (non-hydrogen) atoms. The molecule has 2 aliphatic heterocycles. The second-order valence-corrected chi connectivity index (χ2v) is 7.30. The zero-order valence-electron chi connectivity index (χ0n) is 15.8. The number of hydrogen-bond acceptors (Lipinski definition) is 6. The van der Waals surface area contributed by atoms with Crippen LogP contribution in [0.5, 0.6) is 0 Å². The highest BCUT2D eigenvalue weighted by atomic mass is 16.5. The van der Waals surface area contributed by atoms with E-state index in [-0.39, 0.29) is 11.8 Å². The molecule has 3 heterocycles. The van der Waals surface area contributed by atoms with Crippen LogP contribution in [-0.4, -0.2) is 71.8 Å². The molecule has 1 aromatic carbocycles. The first-order chi connectivity index (χ1) is 13.2. The summed E-state index contributed by atoms with van der Waals surface area (Å²) in [4.78, 5) is 21.3. The minimum atomic E-state index is 0.109. The molecule has 0 bridgehead atoms. The van der Waals surface area contributed by atoms with Crippen molar-refractivity contribution in [3.8, 4) is 11.4 Å². The Labute approximate surface area is 159 Å². The van der Waals surface area contributed by atoms with Gasteiger partial charge in [0.2, 0.25) is 17.6 Å². The average Bonchev–Trinajstić information content (AvgIpc) is 3.18. The fourth-order valence-corrected chi connectivity index (χ4v) is 3.75. The van der Waals surface area contributed by atoms with E-state index in [1.165, 1.54) is 0 Å². The largest absolute Gasteiger partial charge is 0.379 e. The summed E-state index contributed by atoms with van der Waals surface area (Å²) in [5, 5.41) is 4.17. The lowest BCUT2D eigenvalue weighted by Gasteiger charge is -2.34. The van der Waals surface area contributed by atoms with Gasteiger partial charge in [-0.05, 0) is 18.9 Å². The standard InChI is InChI=1S/C20H26N4O3/c1-15-4-2-3-5-17(15)19-21-20(27-22-19)16-6-7-18(25)24(14-16)9-8-23-10-12-26-13-11-23/h2-5,16H,6-14H2,1H3. The summed E-state index contributed by atoms with van der Waals surface area (Å²) in [6.07, 6.45) is 1.30. The van der Waals surface area contributed by atoms with Crippen LogP contribution in [-0.2, 0) is 9.53 Å². The van der Waals surface area contributed by atoms with E-state index in [9.17, 15) is 4.79 Å². The van der Waals surface area contributed by atoms with Crippen LogP contribution in [0.1, 0.15) is 30.2 Å². The number of ether oxygens (including phenoxy) is 1. The van der Waals surface area contributed by atoms with Crippen LogP contribution in [0.4, 0.5) is 0 Å². The average molecular weight is 370 g/mol. The summed E-state index contributed by atoms with van der Waals surface area (Å²) < 4.78 is 11.0. The molecule has 2 fully saturated rings. The molecular formula is C20H26N4O3. The Morgan fingerprint density at radius 3 is 2.81 bits per heavy atom. The lowest BCUT2D eigenvalue weighted by Crippen LogP contribution is -2.45. The third-order valence-corrected chi connectivity index (χ3v) is 5.47. The van der Waals surface area contributed by atoms with Gasteiger partial charge in [0.05, 0.1) is 19.1 Å². The highest BCUT2D eigenvalue weighted by Crippen LogP contribution is 2.28. The predicted molar refractivity (Wildman–Crippen MR) is 100 cm³/mol. The van der Waals surface area contributed by atoms with Gasteiger partial charge in [0, 0.05) is 44.7 Å². The van der Waals surface area contributed by atoms with Gasteiger partial charge >= 0.3 is 0 Å². The number of carbonyl (C=O) groups excluding carboxylic acids is 1. The molecule has 1 unspecified atom stereocenters. The summed E-state index contributed by atoms with van der Waals surface area (Å²) in [6.45, 7) is 7.76. The normalized spacial score (nSPS) is 21.6. The summed E-state index contributed by atoms with van der Waals surface area (Å²) in [5.74, 6) is 1.59. The van der Waals surface area contributed by atoms with Gasteiger partial charge in [-0.2, -0.15) is 4.98 Å². The fraction of sp³-hybridized carbons (Fsp3) is 0.550. The fourth-order valence-electron chi connectivity index (χ4n) is 3.75. The number of rotatable bonds is 5. The molecular weight excluding hydrogens is 344 g/mol. The van der Waals surface area contributed by atoms with Gasteiger partial charge in [0.15, 0.2) is 0 Å². The zero-order valence-corrected chi connectivity index (χ0v) is 15.8. The van der Waals surface area contributed by atoms with E-state index in [0.717, 1.165) is 56.9 Å². The number of aryl methyl sites for hydroxylation is 1. The third kappa shape index (κ3) is 4.20. The molecule has 0 N–H and O–H groups in total. The molecule has 2 aromatic rings. The SMILES string of the molecule is Cc1ccccc1-c1noc(C2CCC(=O)N(CCN3CCOCC3)C2)n1. The highest BCUT2D eigenvalue weighted by molar-refractivity contribution is 5.77. The number of hydrogen-bond donors (Lipinski definition) is 0. The van der Waals surface area contributed by atoms with Crippen LogP contribution < -0.4 is 0 Å². The highest BCUT2D eigenvalue weighted by Gasteiger charge is 2.30. The Bertz CT molecular complexity index is 785. The van der Waals surface area contributed by atoms with E-state index >= 15 is 0 Å². The molecule has 0 aliphatic carbocycles. The van der Waals surface area contributed by atoms with Crippen LogP contribution in [0.3, 0.4) is 0 Å². The van der Waals surface area contributed by atoms with Crippen LogP contribution in [0.2, 0.25) is 0 Å². The monoisotopic (exact) mass is 370 g/mol. The summed E-state index contributed by atoms with van der Waals surface area (Å²) >= 11 is 0. The van der Waals surface area contributed by atoms with Crippen molar-refractivity contribution in [3.05, 3.63) is 35.7 Å². The number of piperidine rings is 1. The topological polar surface area (TPSA) is 71.7 Å². The number of benzene rings is 1. The van der Waals surface area contributed by atoms with Crippen LogP contribution in [0, 0.1) is 6.92 Å². The van der Waals surface area contributed by atoms with Crippen molar-refractivity contribution in [2.75, 3.05) is 45.9 Å². The first kappa shape index (κ1) is 18.1. The maximum atomic E-state index is 12.3. The lowest BCUT2D eigenvalue weighted by atomic mass is 9.97. The van der Waals surface area contributed by atoms with Gasteiger partial charge in [0.1, 0.15) is 0 Å². The number of morpholine rings is 1. The molecule has 4 rings (SSSR count). The molecule has 1 amide bonds. The first-order valence-corrected chi connectivity index (χ1v) is 9.68. The van der Waals surface area contributed by atoms with E-state index in [2.05, 4.69) is 15.0 Å². The van der Waals surface area contributed by atoms with E-state index < -0.39 is 0 Å². The Balaban J connectivity index is 1.40. The van der Waals surface area contributed by atoms with Crippen LogP contribution >= 0.6 is 0 Å². The van der Waals surface area contributed by atoms with Gasteiger partial charge in [-0.1, -0.05) is 29.4 Å². The molecule has 144 valence electrons. The van der Waals surface area contributed by atoms with Crippen molar-refractivity contribution in [1.82, 2.24) is 19.9 Å². The second-order valence-electron chi connectivity index (χ2n) is 7.30. The van der Waals surface area contributed by atoms with Crippen molar-refractivity contribution < 1.29 is 14.1 Å². The van der Waals surface area contributed by atoms with E-state index in [1.54, 1.807) is 0 Å². The zero-order chi connectivity index (χ0) is 18.6. The maximum Gasteiger partial charge on any atom is 0.231 e. The summed E-state index contributed by atoms with van der Waals surface area (Å²) in [6, 6.07) is 8.02. The maximum absolute atomic E-state index is 12.3. The summed E-state index contributed by atoms with van der Waals surface area (Å²) in [7, 11) is 0. The Morgan fingerprint density at radius 1 is 1.19 bits per heavy atom. The quantitative estimate of drug-likeness (QED) is 0.803. The third-order valence-electron chi connectivity index (χ3n) is 5.47. The minimum absolute atomic E-state index is 0.109. The van der Waals surface area contributed by atoms with Gasteiger partial charge in [-0.15, -0.1) is 0 Å². The lowest BCUT2D eigenvalue weighted by molar-refractivity contribution is -0.134. The van der Waals surface area contributed by atoms with Gasteiger partial charge < -0.3 is 14.2 Å². The van der Waals surface area contributed by atoms with Crippen LogP contribution in [0.25, 0.3) is 11.4 Å². The Kier molecular flexibility index (Phi) is 5.50. The molecule has 1 aromatic heterocycles. The molecule has 2 saturated heterocycles. The number of carbonyl (C=O) groups is 1. The van der Waals surface area contributed by atoms with Crippen molar-refractivity contribution >= 4 is 5.91 Å². The molecule has 1 atom stereocenters. The van der Waals surface area contributed by atoms with Crippen molar-refractivity contribution in [1.29, 1.82) is 0 Å². The predicted octanol–water partition coefficient (Wildman–Crippen LogP) is 2.08. The minimum Gasteiger partial charge on any atom is -0.379 e. The van der Waals surface area contributed by atoms with Crippen molar-refractivity contribution in [3.63, 3.8) is 0 Å². The number of likely N-dealkylation sites (tertiary alicyclic amines) is 1. The molecule has 0 saturated carbocycles. The number of nitrogens with zero attached hydrogens (tertiary/aromatic N) is 4. The van der Waals surface area contributed by atoms with Crippen molar-refractivity contribution in [2.45, 2.75) is 25.7 Å². The van der Waals surface area contributed by atoms with Crippen LogP contribution in [0.15, 0.2) is 28.8 Å².